The van der Waals surface area contributed by atoms with E-state index < -0.39 is 30.7 Å². The molecule has 6 heteroatoms. The average Bonchev–Trinajstić information content (AvgIpc) is 2.15. The van der Waals surface area contributed by atoms with Gasteiger partial charge in [-0.15, -0.1) is 0 Å². The van der Waals surface area contributed by atoms with Gasteiger partial charge in [0.15, 0.2) is 6.29 Å². The molecule has 0 aromatic carbocycles. The molecule has 1 rings (SSSR count). The van der Waals surface area contributed by atoms with Gasteiger partial charge in [0.05, 0.1) is 6.61 Å². The van der Waals surface area contributed by atoms with Gasteiger partial charge < -0.3 is 29.5 Å². The van der Waals surface area contributed by atoms with Gasteiger partial charge in [0, 0.05) is 14.2 Å². The van der Waals surface area contributed by atoms with E-state index in [9.17, 15) is 15.3 Å². The summed E-state index contributed by atoms with van der Waals surface area (Å²) >= 11 is 0. The normalized spacial score (nSPS) is 43.9. The zero-order chi connectivity index (χ0) is 10.7. The van der Waals surface area contributed by atoms with Gasteiger partial charge in [0.1, 0.15) is 24.4 Å². The van der Waals surface area contributed by atoms with E-state index in [1.165, 1.54) is 14.2 Å². The SMILES string of the molecule is COCC1O[C@H](O)C(OC)C(O)[C@@H]1O. The van der Waals surface area contributed by atoms with Crippen LogP contribution in [-0.2, 0) is 14.2 Å². The Hall–Kier alpha value is -0.240. The van der Waals surface area contributed by atoms with Gasteiger partial charge in [-0.3, -0.25) is 0 Å². The monoisotopic (exact) mass is 208 g/mol. The van der Waals surface area contributed by atoms with E-state index >= 15 is 0 Å². The standard InChI is InChI=1S/C8H16O6/c1-12-3-4-5(9)6(10)7(13-2)8(11)14-4/h4-11H,3H2,1-2H3/t4?,5-,6?,7?,8+/m1/s1. The first-order valence-corrected chi connectivity index (χ1v) is 4.33. The fourth-order valence-corrected chi connectivity index (χ4v) is 1.48. The molecule has 5 atom stereocenters. The Labute approximate surface area is 82.0 Å². The van der Waals surface area contributed by atoms with Crippen molar-refractivity contribution in [2.75, 3.05) is 20.8 Å². The smallest absolute Gasteiger partial charge is 0.184 e. The van der Waals surface area contributed by atoms with Crippen molar-refractivity contribution in [1.82, 2.24) is 0 Å². The molecule has 0 aliphatic carbocycles. The molecule has 3 N–H and O–H groups in total. The Morgan fingerprint density at radius 1 is 1.14 bits per heavy atom. The Kier molecular flexibility index (Phi) is 4.24. The van der Waals surface area contributed by atoms with Gasteiger partial charge in [-0.25, -0.2) is 0 Å². The molecule has 0 saturated carbocycles. The molecule has 1 aliphatic heterocycles. The van der Waals surface area contributed by atoms with E-state index in [1.54, 1.807) is 0 Å². The first kappa shape index (κ1) is 11.8. The third-order valence-corrected chi connectivity index (χ3v) is 2.27. The number of hydrogen-bond donors (Lipinski definition) is 3. The lowest BCUT2D eigenvalue weighted by Gasteiger charge is -2.39. The van der Waals surface area contributed by atoms with Crippen LogP contribution >= 0.6 is 0 Å². The predicted octanol–water partition coefficient (Wildman–Crippen LogP) is -1.91. The summed E-state index contributed by atoms with van der Waals surface area (Å²) in [5, 5.41) is 28.5. The van der Waals surface area contributed by atoms with Crippen LogP contribution in [0.3, 0.4) is 0 Å². The van der Waals surface area contributed by atoms with E-state index in [4.69, 9.17) is 14.2 Å². The van der Waals surface area contributed by atoms with Crippen LogP contribution in [0, 0.1) is 0 Å². The summed E-state index contributed by atoms with van der Waals surface area (Å²) in [6, 6.07) is 0. The third kappa shape index (κ3) is 2.22. The second kappa shape index (κ2) is 5.01. The van der Waals surface area contributed by atoms with Crippen molar-refractivity contribution >= 4 is 0 Å². The quantitative estimate of drug-likeness (QED) is 0.501. The Morgan fingerprint density at radius 2 is 1.79 bits per heavy atom. The highest BCUT2D eigenvalue weighted by molar-refractivity contribution is 4.89. The zero-order valence-electron chi connectivity index (χ0n) is 8.16. The molecule has 0 spiro atoms. The molecular formula is C8H16O6. The molecule has 84 valence electrons. The van der Waals surface area contributed by atoms with Crippen LogP contribution < -0.4 is 0 Å². The largest absolute Gasteiger partial charge is 0.387 e. The van der Waals surface area contributed by atoms with Crippen LogP contribution in [0.2, 0.25) is 0 Å². The van der Waals surface area contributed by atoms with Crippen molar-refractivity contribution in [1.29, 1.82) is 0 Å². The van der Waals surface area contributed by atoms with Gasteiger partial charge in [-0.2, -0.15) is 0 Å². The minimum atomic E-state index is -1.25. The maximum absolute atomic E-state index is 9.54. The molecule has 0 aromatic rings. The molecule has 1 heterocycles. The Morgan fingerprint density at radius 3 is 2.29 bits per heavy atom. The van der Waals surface area contributed by atoms with Gasteiger partial charge in [0.2, 0.25) is 0 Å². The van der Waals surface area contributed by atoms with Crippen molar-refractivity contribution in [3.63, 3.8) is 0 Å². The fraction of sp³-hybridized carbons (Fsp3) is 1.00. The van der Waals surface area contributed by atoms with E-state index in [2.05, 4.69) is 0 Å². The van der Waals surface area contributed by atoms with E-state index in [1.807, 2.05) is 0 Å². The topological polar surface area (TPSA) is 88.4 Å². The molecule has 14 heavy (non-hydrogen) atoms. The van der Waals surface area contributed by atoms with Gasteiger partial charge in [0.25, 0.3) is 0 Å². The van der Waals surface area contributed by atoms with E-state index in [0.717, 1.165) is 0 Å². The summed E-state index contributed by atoms with van der Waals surface area (Å²) in [4.78, 5) is 0. The number of aliphatic hydroxyl groups is 3. The van der Waals surface area contributed by atoms with Crippen molar-refractivity contribution in [2.24, 2.45) is 0 Å². The first-order chi connectivity index (χ1) is 6.61. The lowest BCUT2D eigenvalue weighted by atomic mass is 9.99. The van der Waals surface area contributed by atoms with Crippen LogP contribution in [0.5, 0.6) is 0 Å². The van der Waals surface area contributed by atoms with Crippen molar-refractivity contribution in [2.45, 2.75) is 30.7 Å². The van der Waals surface area contributed by atoms with Gasteiger partial charge in [-0.1, -0.05) is 0 Å². The second-order valence-corrected chi connectivity index (χ2v) is 3.20. The maximum atomic E-state index is 9.54. The Bertz CT molecular complexity index is 173. The van der Waals surface area contributed by atoms with Crippen LogP contribution in [0.1, 0.15) is 0 Å². The molecule has 0 bridgehead atoms. The molecule has 1 saturated heterocycles. The summed E-state index contributed by atoms with van der Waals surface area (Å²) in [5.74, 6) is 0. The second-order valence-electron chi connectivity index (χ2n) is 3.20. The van der Waals surface area contributed by atoms with Crippen LogP contribution in [0.15, 0.2) is 0 Å². The highest BCUT2D eigenvalue weighted by atomic mass is 16.7. The lowest BCUT2D eigenvalue weighted by Crippen LogP contribution is -2.59. The van der Waals surface area contributed by atoms with Gasteiger partial charge >= 0.3 is 0 Å². The summed E-state index contributed by atoms with van der Waals surface area (Å²) in [7, 11) is 2.76. The van der Waals surface area contributed by atoms with Crippen molar-refractivity contribution in [3.05, 3.63) is 0 Å². The zero-order valence-corrected chi connectivity index (χ0v) is 8.16. The number of rotatable bonds is 3. The van der Waals surface area contributed by atoms with Crippen molar-refractivity contribution < 1.29 is 29.5 Å². The molecule has 0 aromatic heterocycles. The van der Waals surface area contributed by atoms with Crippen LogP contribution in [0.25, 0.3) is 0 Å². The Balaban J connectivity index is 2.62. The average molecular weight is 208 g/mol. The summed E-state index contributed by atoms with van der Waals surface area (Å²) in [6.45, 7) is 0.103. The molecule has 6 nitrogen and oxygen atoms in total. The molecular weight excluding hydrogens is 192 g/mol. The molecule has 1 fully saturated rings. The van der Waals surface area contributed by atoms with Crippen molar-refractivity contribution in [3.8, 4) is 0 Å². The van der Waals surface area contributed by atoms with Crippen LogP contribution in [-0.4, -0.2) is 66.9 Å². The third-order valence-electron chi connectivity index (χ3n) is 2.27. The van der Waals surface area contributed by atoms with Crippen LogP contribution in [0.4, 0.5) is 0 Å². The molecule has 0 radical (unpaired) electrons. The maximum Gasteiger partial charge on any atom is 0.184 e. The molecule has 3 unspecified atom stereocenters. The lowest BCUT2D eigenvalue weighted by molar-refractivity contribution is -0.292. The number of aliphatic hydroxyl groups excluding tert-OH is 3. The number of hydrogen-bond acceptors (Lipinski definition) is 6. The number of methoxy groups -OCH3 is 2. The molecule has 1 aliphatic rings. The van der Waals surface area contributed by atoms with E-state index in [0.29, 0.717) is 0 Å². The highest BCUT2D eigenvalue weighted by Gasteiger charge is 2.43. The van der Waals surface area contributed by atoms with Gasteiger partial charge in [-0.05, 0) is 0 Å². The minimum absolute atomic E-state index is 0.103. The van der Waals surface area contributed by atoms with E-state index in [-0.39, 0.29) is 6.61 Å². The highest BCUT2D eigenvalue weighted by Crippen LogP contribution is 2.21. The number of ether oxygens (including phenoxy) is 3. The summed E-state index contributed by atoms with van der Waals surface area (Å²) < 4.78 is 14.6. The summed E-state index contributed by atoms with van der Waals surface area (Å²) in [6.07, 6.45) is -5.22. The minimum Gasteiger partial charge on any atom is -0.387 e. The summed E-state index contributed by atoms with van der Waals surface area (Å²) in [5.41, 5.74) is 0. The fourth-order valence-electron chi connectivity index (χ4n) is 1.48. The first-order valence-electron chi connectivity index (χ1n) is 4.33. The predicted molar refractivity (Wildman–Crippen MR) is 45.6 cm³/mol. The molecule has 0 amide bonds.